The molecule has 0 aliphatic rings. The van der Waals surface area contributed by atoms with Gasteiger partial charge in [-0.05, 0) is 12.5 Å². The van der Waals surface area contributed by atoms with Crippen LogP contribution in [-0.2, 0) is 4.74 Å². The number of nitrogens with two attached hydrogens (primary N) is 1. The van der Waals surface area contributed by atoms with E-state index in [1.165, 1.54) is 45.4 Å². The molecule has 5 heteroatoms. The summed E-state index contributed by atoms with van der Waals surface area (Å²) in [6.07, 6.45) is 8.91. The molecule has 0 bridgehead atoms. The second-order valence-corrected chi connectivity index (χ2v) is 4.85. The second-order valence-electron chi connectivity index (χ2n) is 4.85. The Kier molecular flexibility index (Phi) is 7.47. The number of pyridine rings is 1. The molecular formula is C15H25N3O2. The third kappa shape index (κ3) is 5.47. The second kappa shape index (κ2) is 9.18. The number of esters is 1. The maximum absolute atomic E-state index is 11.6. The van der Waals surface area contributed by atoms with Crippen LogP contribution in [0.5, 0.6) is 0 Å². The lowest BCUT2D eigenvalue weighted by molar-refractivity contribution is 0.0601. The summed E-state index contributed by atoms with van der Waals surface area (Å²) in [6.45, 7) is 3.01. The highest BCUT2D eigenvalue weighted by molar-refractivity contribution is 5.95. The largest absolute Gasteiger partial charge is 0.465 e. The quantitative estimate of drug-likeness (QED) is 0.536. The summed E-state index contributed by atoms with van der Waals surface area (Å²) < 4.78 is 4.73. The molecule has 0 saturated heterocycles. The van der Waals surface area contributed by atoms with Gasteiger partial charge in [-0.2, -0.15) is 0 Å². The monoisotopic (exact) mass is 279 g/mol. The maximum Gasteiger partial charge on any atom is 0.341 e. The molecule has 0 aliphatic carbocycles. The zero-order chi connectivity index (χ0) is 14.8. The molecule has 0 amide bonds. The van der Waals surface area contributed by atoms with Crippen molar-refractivity contribution >= 4 is 17.5 Å². The van der Waals surface area contributed by atoms with E-state index in [1.807, 2.05) is 0 Å². The lowest BCUT2D eigenvalue weighted by atomic mass is 10.1. The number of nitrogen functional groups attached to an aromatic ring is 1. The molecule has 1 rings (SSSR count). The van der Waals surface area contributed by atoms with E-state index in [0.29, 0.717) is 17.1 Å². The van der Waals surface area contributed by atoms with Gasteiger partial charge in [0.2, 0.25) is 0 Å². The number of nitrogens with one attached hydrogen (secondary N) is 1. The molecule has 0 aromatic carbocycles. The van der Waals surface area contributed by atoms with Crippen LogP contribution in [0, 0.1) is 0 Å². The van der Waals surface area contributed by atoms with E-state index in [0.717, 1.165) is 13.0 Å². The van der Waals surface area contributed by atoms with E-state index < -0.39 is 5.97 Å². The van der Waals surface area contributed by atoms with Gasteiger partial charge in [-0.25, -0.2) is 9.78 Å². The highest BCUT2D eigenvalue weighted by Crippen LogP contribution is 2.16. The van der Waals surface area contributed by atoms with Crippen molar-refractivity contribution in [1.29, 1.82) is 0 Å². The van der Waals surface area contributed by atoms with Crippen LogP contribution in [0.2, 0.25) is 0 Å². The summed E-state index contributed by atoms with van der Waals surface area (Å²) in [5, 5.41) is 3.18. The lowest BCUT2D eigenvalue weighted by Gasteiger charge is -2.10. The highest BCUT2D eigenvalue weighted by atomic mass is 16.5. The third-order valence-corrected chi connectivity index (χ3v) is 3.14. The third-order valence-electron chi connectivity index (χ3n) is 3.14. The number of carbonyl (C=O) groups is 1. The molecule has 0 aliphatic heterocycles. The predicted molar refractivity (Wildman–Crippen MR) is 81.9 cm³/mol. The van der Waals surface area contributed by atoms with Gasteiger partial charge < -0.3 is 15.8 Å². The zero-order valence-electron chi connectivity index (χ0n) is 12.4. The Morgan fingerprint density at radius 3 is 2.70 bits per heavy atom. The molecule has 3 N–H and O–H groups in total. The van der Waals surface area contributed by atoms with Gasteiger partial charge in [0.25, 0.3) is 0 Å². The summed E-state index contributed by atoms with van der Waals surface area (Å²) in [5.74, 6) is 0.120. The van der Waals surface area contributed by atoms with Crippen molar-refractivity contribution < 1.29 is 9.53 Å². The molecule has 112 valence electrons. The molecule has 1 heterocycles. The lowest BCUT2D eigenvalue weighted by Crippen LogP contribution is -2.11. The zero-order valence-corrected chi connectivity index (χ0v) is 12.4. The van der Waals surface area contributed by atoms with Gasteiger partial charge in [0, 0.05) is 6.54 Å². The fourth-order valence-corrected chi connectivity index (χ4v) is 2.00. The average molecular weight is 279 g/mol. The van der Waals surface area contributed by atoms with Gasteiger partial charge in [0.1, 0.15) is 11.4 Å². The highest BCUT2D eigenvalue weighted by Gasteiger charge is 2.13. The van der Waals surface area contributed by atoms with Crippen molar-refractivity contribution in [2.45, 2.75) is 45.4 Å². The van der Waals surface area contributed by atoms with Crippen molar-refractivity contribution in [2.24, 2.45) is 0 Å². The first-order valence-electron chi connectivity index (χ1n) is 7.26. The number of carbonyl (C=O) groups excluding carboxylic acids is 1. The Bertz CT molecular complexity index is 422. The Morgan fingerprint density at radius 1 is 1.30 bits per heavy atom. The Labute approximate surface area is 120 Å². The first-order chi connectivity index (χ1) is 9.69. The van der Waals surface area contributed by atoms with E-state index in [2.05, 4.69) is 17.2 Å². The molecule has 0 spiro atoms. The van der Waals surface area contributed by atoms with Gasteiger partial charge in [-0.1, -0.05) is 39.0 Å². The summed E-state index contributed by atoms with van der Waals surface area (Å²) >= 11 is 0. The number of rotatable bonds is 9. The molecular weight excluding hydrogens is 254 g/mol. The van der Waals surface area contributed by atoms with Crippen molar-refractivity contribution in [3.63, 3.8) is 0 Å². The molecule has 0 unspecified atom stereocenters. The van der Waals surface area contributed by atoms with Crippen LogP contribution in [0.4, 0.5) is 11.5 Å². The van der Waals surface area contributed by atoms with E-state index >= 15 is 0 Å². The predicted octanol–water partition coefficient (Wildman–Crippen LogP) is 3.22. The van der Waals surface area contributed by atoms with Crippen LogP contribution < -0.4 is 11.1 Å². The average Bonchev–Trinajstić information content (AvgIpc) is 2.46. The minimum absolute atomic E-state index is 0.387. The molecule has 0 atom stereocenters. The smallest absolute Gasteiger partial charge is 0.341 e. The van der Waals surface area contributed by atoms with Crippen LogP contribution >= 0.6 is 0 Å². The number of nitrogens with zero attached hydrogens (tertiary/aromatic N) is 1. The van der Waals surface area contributed by atoms with E-state index in [4.69, 9.17) is 10.5 Å². The van der Waals surface area contributed by atoms with Crippen molar-refractivity contribution in [2.75, 3.05) is 24.7 Å². The van der Waals surface area contributed by atoms with Gasteiger partial charge >= 0.3 is 5.97 Å². The fraction of sp³-hybridized carbons (Fsp3) is 0.600. The number of aromatic nitrogens is 1. The Balaban J connectivity index is 2.41. The molecule has 1 aromatic heterocycles. The van der Waals surface area contributed by atoms with Crippen LogP contribution in [0.15, 0.2) is 12.3 Å². The molecule has 5 nitrogen and oxygen atoms in total. The number of unbranched alkanes of at least 4 members (excludes halogenated alkanes) is 5. The minimum Gasteiger partial charge on any atom is -0.465 e. The summed E-state index contributed by atoms with van der Waals surface area (Å²) in [4.78, 5) is 15.8. The summed E-state index contributed by atoms with van der Waals surface area (Å²) in [5.41, 5.74) is 6.49. The topological polar surface area (TPSA) is 77.2 Å². The number of ether oxygens (including phenoxy) is 1. The number of hydrogen-bond donors (Lipinski definition) is 2. The molecule has 0 radical (unpaired) electrons. The number of hydrogen-bond acceptors (Lipinski definition) is 5. The van der Waals surface area contributed by atoms with Crippen LogP contribution in [0.1, 0.15) is 55.8 Å². The van der Waals surface area contributed by atoms with Crippen molar-refractivity contribution in [3.8, 4) is 0 Å². The van der Waals surface area contributed by atoms with E-state index in [1.54, 1.807) is 6.07 Å². The Morgan fingerprint density at radius 2 is 2.00 bits per heavy atom. The number of anilines is 2. The van der Waals surface area contributed by atoms with E-state index in [-0.39, 0.29) is 0 Å². The first kappa shape index (κ1) is 16.3. The van der Waals surface area contributed by atoms with Crippen LogP contribution in [0.25, 0.3) is 0 Å². The normalized spacial score (nSPS) is 10.3. The fourth-order valence-electron chi connectivity index (χ4n) is 2.00. The Hall–Kier alpha value is -1.78. The van der Waals surface area contributed by atoms with Gasteiger partial charge in [-0.3, -0.25) is 0 Å². The number of methoxy groups -OCH3 is 1. The first-order valence-corrected chi connectivity index (χ1v) is 7.26. The van der Waals surface area contributed by atoms with Crippen molar-refractivity contribution in [3.05, 3.63) is 17.8 Å². The SMILES string of the molecule is CCCCCCCCNc1ncc(N)cc1C(=O)OC. The minimum atomic E-state index is -0.421. The molecule has 0 fully saturated rings. The van der Waals surface area contributed by atoms with Crippen molar-refractivity contribution in [1.82, 2.24) is 4.98 Å². The standard InChI is InChI=1S/C15H25N3O2/c1-3-4-5-6-7-8-9-17-14-13(15(19)20-2)10-12(16)11-18-14/h10-11H,3-9,16H2,1-2H3,(H,17,18). The molecule has 0 saturated carbocycles. The van der Waals surface area contributed by atoms with Crippen LogP contribution in [-0.4, -0.2) is 24.6 Å². The summed E-state index contributed by atoms with van der Waals surface area (Å²) in [7, 11) is 1.35. The van der Waals surface area contributed by atoms with Gasteiger partial charge in [0.05, 0.1) is 19.0 Å². The van der Waals surface area contributed by atoms with Gasteiger partial charge in [-0.15, -0.1) is 0 Å². The van der Waals surface area contributed by atoms with Crippen LogP contribution in [0.3, 0.4) is 0 Å². The van der Waals surface area contributed by atoms with Gasteiger partial charge in [0.15, 0.2) is 0 Å². The summed E-state index contributed by atoms with van der Waals surface area (Å²) in [6, 6.07) is 1.59. The molecule has 1 aromatic rings. The maximum atomic E-state index is 11.6. The molecule has 20 heavy (non-hydrogen) atoms. The van der Waals surface area contributed by atoms with E-state index in [9.17, 15) is 4.79 Å².